The van der Waals surface area contributed by atoms with Crippen LogP contribution < -0.4 is 10.6 Å². The van der Waals surface area contributed by atoms with Crippen LogP contribution in [0.5, 0.6) is 0 Å². The quantitative estimate of drug-likeness (QED) is 0.869. The Labute approximate surface area is 123 Å². The summed E-state index contributed by atoms with van der Waals surface area (Å²) in [6.45, 7) is 2.82. The van der Waals surface area contributed by atoms with Gasteiger partial charge in [0, 0.05) is 44.4 Å². The van der Waals surface area contributed by atoms with Crippen molar-refractivity contribution in [3.63, 3.8) is 0 Å². The van der Waals surface area contributed by atoms with Gasteiger partial charge in [-0.05, 0) is 18.6 Å². The fourth-order valence-corrected chi connectivity index (χ4v) is 2.46. The third kappa shape index (κ3) is 3.72. The third-order valence-corrected chi connectivity index (χ3v) is 3.66. The second-order valence-electron chi connectivity index (χ2n) is 5.31. The highest BCUT2D eigenvalue weighted by atomic mass is 16.5. The lowest BCUT2D eigenvalue weighted by Gasteiger charge is -2.10. The average molecular weight is 288 g/mol. The fourth-order valence-electron chi connectivity index (χ4n) is 2.46. The summed E-state index contributed by atoms with van der Waals surface area (Å²) in [6.07, 6.45) is 5.71. The van der Waals surface area contributed by atoms with Crippen molar-refractivity contribution in [1.29, 1.82) is 0 Å². The molecule has 1 saturated heterocycles. The van der Waals surface area contributed by atoms with Crippen molar-refractivity contribution in [3.05, 3.63) is 36.3 Å². The van der Waals surface area contributed by atoms with Crippen molar-refractivity contribution in [3.8, 4) is 0 Å². The van der Waals surface area contributed by atoms with Crippen molar-refractivity contribution >= 4 is 11.7 Å². The zero-order valence-corrected chi connectivity index (χ0v) is 11.9. The number of hydrogen-bond acceptors (Lipinski definition) is 3. The molecule has 2 aromatic rings. The summed E-state index contributed by atoms with van der Waals surface area (Å²) in [5.74, 6) is 0.453. The van der Waals surface area contributed by atoms with Crippen LogP contribution in [-0.4, -0.2) is 41.7 Å². The molecule has 2 amide bonds. The van der Waals surface area contributed by atoms with Crippen molar-refractivity contribution < 1.29 is 9.53 Å². The Morgan fingerprint density at radius 3 is 3.19 bits per heavy atom. The number of imidazole rings is 1. The Balaban J connectivity index is 1.39. The number of nitrogens with one attached hydrogen (secondary N) is 2. The smallest absolute Gasteiger partial charge is 0.314 e. The number of carbonyl (C=O) groups excluding carboxylic acids is 1. The molecular weight excluding hydrogens is 268 g/mol. The van der Waals surface area contributed by atoms with Gasteiger partial charge < -0.3 is 19.8 Å². The van der Waals surface area contributed by atoms with E-state index in [1.165, 1.54) is 0 Å². The maximum atomic E-state index is 11.7. The molecule has 6 heteroatoms. The molecule has 0 spiro atoms. The third-order valence-electron chi connectivity index (χ3n) is 3.66. The van der Waals surface area contributed by atoms with E-state index in [-0.39, 0.29) is 6.03 Å². The lowest BCUT2D eigenvalue weighted by atomic mass is 10.1. The van der Waals surface area contributed by atoms with E-state index in [9.17, 15) is 4.79 Å². The first-order valence-electron chi connectivity index (χ1n) is 7.33. The van der Waals surface area contributed by atoms with E-state index in [2.05, 4.69) is 15.6 Å². The molecular formula is C15H20N4O2. The topological polar surface area (TPSA) is 67.7 Å². The molecule has 0 bridgehead atoms. The summed E-state index contributed by atoms with van der Waals surface area (Å²) in [4.78, 5) is 16.2. The maximum absolute atomic E-state index is 11.7. The minimum absolute atomic E-state index is 0.120. The van der Waals surface area contributed by atoms with Crippen LogP contribution in [0.15, 0.2) is 30.6 Å². The second kappa shape index (κ2) is 6.58. The van der Waals surface area contributed by atoms with E-state index < -0.39 is 0 Å². The van der Waals surface area contributed by atoms with Crippen molar-refractivity contribution in [2.75, 3.05) is 26.3 Å². The van der Waals surface area contributed by atoms with E-state index in [1.807, 2.05) is 35.0 Å². The van der Waals surface area contributed by atoms with E-state index in [4.69, 9.17) is 4.74 Å². The van der Waals surface area contributed by atoms with Gasteiger partial charge in [0.25, 0.3) is 0 Å². The number of hydrogen-bond donors (Lipinski definition) is 2. The molecule has 1 atom stereocenters. The lowest BCUT2D eigenvalue weighted by molar-refractivity contribution is 0.185. The number of nitrogens with zero attached hydrogens (tertiary/aromatic N) is 2. The van der Waals surface area contributed by atoms with Crippen molar-refractivity contribution in [2.45, 2.75) is 12.8 Å². The maximum Gasteiger partial charge on any atom is 0.314 e. The van der Waals surface area contributed by atoms with Gasteiger partial charge in [0.2, 0.25) is 0 Å². The first-order chi connectivity index (χ1) is 10.3. The van der Waals surface area contributed by atoms with Gasteiger partial charge in [0.1, 0.15) is 5.65 Å². The van der Waals surface area contributed by atoms with Crippen LogP contribution in [0.3, 0.4) is 0 Å². The SMILES string of the molecule is O=C(NCCc1cn2ccccc2n1)NC[C@H]1CCOC1. The molecule has 2 N–H and O–H groups in total. The molecule has 6 nitrogen and oxygen atoms in total. The number of fused-ring (bicyclic) bond motifs is 1. The number of carbonyl (C=O) groups is 1. The highest BCUT2D eigenvalue weighted by molar-refractivity contribution is 5.73. The van der Waals surface area contributed by atoms with Crippen LogP contribution in [0.4, 0.5) is 4.79 Å². The minimum Gasteiger partial charge on any atom is -0.381 e. The normalized spacial score (nSPS) is 18.0. The molecule has 1 aliphatic rings. The summed E-state index contributed by atoms with van der Waals surface area (Å²) in [5.41, 5.74) is 1.91. The summed E-state index contributed by atoms with van der Waals surface area (Å²) >= 11 is 0. The summed E-state index contributed by atoms with van der Waals surface area (Å²) in [6, 6.07) is 5.78. The van der Waals surface area contributed by atoms with Gasteiger partial charge in [-0.25, -0.2) is 9.78 Å². The number of aromatic nitrogens is 2. The standard InChI is InChI=1S/C15H20N4O2/c20-15(17-9-12-5-8-21-11-12)16-6-4-13-10-19-7-2-1-3-14(19)18-13/h1-3,7,10,12H,4-6,8-9,11H2,(H2,16,17,20)/t12-/m1/s1. The Morgan fingerprint density at radius 2 is 2.38 bits per heavy atom. The lowest BCUT2D eigenvalue weighted by Crippen LogP contribution is -2.39. The van der Waals surface area contributed by atoms with Gasteiger partial charge >= 0.3 is 6.03 Å². The van der Waals surface area contributed by atoms with Crippen LogP contribution in [-0.2, 0) is 11.2 Å². The van der Waals surface area contributed by atoms with E-state index >= 15 is 0 Å². The molecule has 0 saturated carbocycles. The minimum atomic E-state index is -0.120. The molecule has 2 aromatic heterocycles. The molecule has 112 valence electrons. The monoisotopic (exact) mass is 288 g/mol. The van der Waals surface area contributed by atoms with E-state index in [0.717, 1.165) is 37.4 Å². The Bertz CT molecular complexity index is 571. The van der Waals surface area contributed by atoms with Gasteiger partial charge in [-0.1, -0.05) is 6.07 Å². The average Bonchev–Trinajstić information content (AvgIpc) is 3.14. The summed E-state index contributed by atoms with van der Waals surface area (Å²) in [5, 5.41) is 5.74. The number of rotatable bonds is 5. The van der Waals surface area contributed by atoms with Crippen LogP contribution >= 0.6 is 0 Å². The Morgan fingerprint density at radius 1 is 1.43 bits per heavy atom. The molecule has 0 radical (unpaired) electrons. The van der Waals surface area contributed by atoms with Crippen LogP contribution in [0.2, 0.25) is 0 Å². The zero-order valence-electron chi connectivity index (χ0n) is 11.9. The zero-order chi connectivity index (χ0) is 14.5. The number of pyridine rings is 1. The number of amides is 2. The Kier molecular flexibility index (Phi) is 4.35. The van der Waals surface area contributed by atoms with Crippen molar-refractivity contribution in [1.82, 2.24) is 20.0 Å². The van der Waals surface area contributed by atoms with Gasteiger partial charge in [0.15, 0.2) is 0 Å². The first kappa shape index (κ1) is 13.9. The number of ether oxygens (including phenoxy) is 1. The van der Waals surface area contributed by atoms with E-state index in [0.29, 0.717) is 19.0 Å². The van der Waals surface area contributed by atoms with E-state index in [1.54, 1.807) is 0 Å². The second-order valence-corrected chi connectivity index (χ2v) is 5.31. The van der Waals surface area contributed by atoms with Gasteiger partial charge in [-0.3, -0.25) is 0 Å². The highest BCUT2D eigenvalue weighted by Crippen LogP contribution is 2.10. The molecule has 1 aliphatic heterocycles. The Hall–Kier alpha value is -2.08. The van der Waals surface area contributed by atoms with Gasteiger partial charge in [0.05, 0.1) is 12.3 Å². The largest absolute Gasteiger partial charge is 0.381 e. The molecule has 0 unspecified atom stereocenters. The molecule has 0 aliphatic carbocycles. The highest BCUT2D eigenvalue weighted by Gasteiger charge is 2.15. The first-order valence-corrected chi connectivity index (χ1v) is 7.33. The van der Waals surface area contributed by atoms with Gasteiger partial charge in [-0.15, -0.1) is 0 Å². The van der Waals surface area contributed by atoms with Crippen LogP contribution in [0, 0.1) is 5.92 Å². The molecule has 3 rings (SSSR count). The van der Waals surface area contributed by atoms with Gasteiger partial charge in [-0.2, -0.15) is 0 Å². The molecule has 1 fully saturated rings. The fraction of sp³-hybridized carbons (Fsp3) is 0.467. The molecule has 0 aromatic carbocycles. The molecule has 21 heavy (non-hydrogen) atoms. The van der Waals surface area contributed by atoms with Crippen molar-refractivity contribution in [2.24, 2.45) is 5.92 Å². The summed E-state index contributed by atoms with van der Waals surface area (Å²) in [7, 11) is 0. The summed E-state index contributed by atoms with van der Waals surface area (Å²) < 4.78 is 7.26. The van der Waals surface area contributed by atoms with Crippen LogP contribution in [0.1, 0.15) is 12.1 Å². The predicted molar refractivity (Wildman–Crippen MR) is 79.2 cm³/mol. The predicted octanol–water partition coefficient (Wildman–Crippen LogP) is 1.21. The van der Waals surface area contributed by atoms with Crippen LogP contribution in [0.25, 0.3) is 5.65 Å². The molecule has 3 heterocycles. The number of urea groups is 1.